The Bertz CT molecular complexity index is 845. The highest BCUT2D eigenvalue weighted by Gasteiger charge is 2.51. The lowest BCUT2D eigenvalue weighted by Crippen LogP contribution is -2.45. The smallest absolute Gasteiger partial charge is 0.413 e. The maximum Gasteiger partial charge on any atom is 0.534 e. The van der Waals surface area contributed by atoms with E-state index in [-0.39, 0.29) is 30.4 Å². The van der Waals surface area contributed by atoms with Gasteiger partial charge in [-0.3, -0.25) is 0 Å². The highest BCUT2D eigenvalue weighted by molar-refractivity contribution is 7.87. The molecule has 0 unspecified atom stereocenters. The molecule has 0 aliphatic heterocycles. The van der Waals surface area contributed by atoms with Crippen LogP contribution in [0.15, 0.2) is 42.2 Å². The molecule has 1 aliphatic rings. The fourth-order valence-electron chi connectivity index (χ4n) is 2.75. The van der Waals surface area contributed by atoms with Gasteiger partial charge in [0.2, 0.25) is 0 Å². The quantitative estimate of drug-likeness (QED) is 0.293. The SMILES string of the molecule is CC(C)(C)[Si](C)(C)O[C@H]1CC=C(OS(=O)(=O)C(F)(F)F)[C@@H]1COCc1ccccc1. The summed E-state index contributed by atoms with van der Waals surface area (Å²) in [5, 5.41) is -0.121. The minimum absolute atomic E-state index is 0.0204. The Morgan fingerprint density at radius 2 is 1.70 bits per heavy atom. The van der Waals surface area contributed by atoms with Crippen molar-refractivity contribution in [2.75, 3.05) is 6.61 Å². The maximum absolute atomic E-state index is 12.8. The second-order valence-corrected chi connectivity index (χ2v) is 15.1. The number of hydrogen-bond donors (Lipinski definition) is 0. The van der Waals surface area contributed by atoms with Gasteiger partial charge in [0.25, 0.3) is 0 Å². The fraction of sp³-hybridized carbons (Fsp3) is 0.600. The Balaban J connectivity index is 2.17. The zero-order valence-electron chi connectivity index (χ0n) is 17.8. The summed E-state index contributed by atoms with van der Waals surface area (Å²) in [6, 6.07) is 9.28. The number of halogens is 3. The van der Waals surface area contributed by atoms with Crippen molar-refractivity contribution in [1.29, 1.82) is 0 Å². The topological polar surface area (TPSA) is 61.8 Å². The lowest BCUT2D eigenvalue weighted by molar-refractivity contribution is -0.0536. The molecule has 0 saturated heterocycles. The van der Waals surface area contributed by atoms with Crippen LogP contribution < -0.4 is 0 Å². The number of benzene rings is 1. The van der Waals surface area contributed by atoms with Gasteiger partial charge in [-0.05, 0) is 36.2 Å². The van der Waals surface area contributed by atoms with Crippen LogP contribution in [-0.4, -0.2) is 35.0 Å². The molecule has 0 amide bonds. The normalized spacial score (nSPS) is 20.9. The molecule has 0 bridgehead atoms. The Kier molecular flexibility index (Phi) is 7.48. The van der Waals surface area contributed by atoms with Crippen LogP contribution in [0.4, 0.5) is 13.2 Å². The molecule has 2 rings (SSSR count). The van der Waals surface area contributed by atoms with Gasteiger partial charge in [-0.15, -0.1) is 0 Å². The molecule has 5 nitrogen and oxygen atoms in total. The van der Waals surface area contributed by atoms with Crippen molar-refractivity contribution < 1.29 is 34.9 Å². The minimum atomic E-state index is -5.75. The predicted molar refractivity (Wildman–Crippen MR) is 110 cm³/mol. The lowest BCUT2D eigenvalue weighted by atomic mass is 10.1. The summed E-state index contributed by atoms with van der Waals surface area (Å²) < 4.78 is 78.1. The molecule has 0 fully saturated rings. The van der Waals surface area contributed by atoms with Gasteiger partial charge >= 0.3 is 15.6 Å². The second kappa shape index (κ2) is 9.02. The summed E-state index contributed by atoms with van der Waals surface area (Å²) in [5.41, 5.74) is -4.60. The molecule has 0 radical (unpaired) electrons. The summed E-state index contributed by atoms with van der Waals surface area (Å²) in [7, 11) is -8.01. The van der Waals surface area contributed by atoms with E-state index in [0.717, 1.165) is 5.56 Å². The average molecular weight is 467 g/mol. The van der Waals surface area contributed by atoms with Crippen LogP contribution in [0.1, 0.15) is 32.8 Å². The second-order valence-electron chi connectivity index (χ2n) is 8.85. The fourth-order valence-corrected chi connectivity index (χ4v) is 4.66. The summed E-state index contributed by atoms with van der Waals surface area (Å²) >= 11 is 0. The van der Waals surface area contributed by atoms with Gasteiger partial charge in [-0.2, -0.15) is 21.6 Å². The Labute approximate surface area is 177 Å². The van der Waals surface area contributed by atoms with E-state index in [2.05, 4.69) is 4.18 Å². The number of rotatable bonds is 8. The van der Waals surface area contributed by atoms with Gasteiger partial charge < -0.3 is 13.3 Å². The lowest BCUT2D eigenvalue weighted by Gasteiger charge is -2.40. The van der Waals surface area contributed by atoms with Gasteiger partial charge in [-0.25, -0.2) is 0 Å². The monoisotopic (exact) mass is 466 g/mol. The molecule has 0 aromatic heterocycles. The molecule has 1 aromatic rings. The summed E-state index contributed by atoms with van der Waals surface area (Å²) in [4.78, 5) is 0. The third kappa shape index (κ3) is 6.09. The van der Waals surface area contributed by atoms with Crippen LogP contribution in [0.25, 0.3) is 0 Å². The van der Waals surface area contributed by atoms with Crippen molar-refractivity contribution in [2.45, 2.75) is 63.5 Å². The Morgan fingerprint density at radius 3 is 2.23 bits per heavy atom. The van der Waals surface area contributed by atoms with Crippen molar-refractivity contribution in [3.8, 4) is 0 Å². The van der Waals surface area contributed by atoms with E-state index >= 15 is 0 Å². The van der Waals surface area contributed by atoms with Crippen molar-refractivity contribution in [2.24, 2.45) is 5.92 Å². The van der Waals surface area contributed by atoms with Crippen LogP contribution in [0.3, 0.4) is 0 Å². The van der Waals surface area contributed by atoms with Crippen LogP contribution in [0.2, 0.25) is 18.1 Å². The van der Waals surface area contributed by atoms with Crippen LogP contribution in [-0.2, 0) is 30.1 Å². The molecule has 0 spiro atoms. The first-order valence-corrected chi connectivity index (χ1v) is 14.0. The molecular weight excluding hydrogens is 437 g/mol. The Morgan fingerprint density at radius 1 is 1.10 bits per heavy atom. The van der Waals surface area contributed by atoms with Crippen molar-refractivity contribution >= 4 is 18.4 Å². The van der Waals surface area contributed by atoms with Crippen molar-refractivity contribution in [1.82, 2.24) is 0 Å². The van der Waals surface area contributed by atoms with Crippen molar-refractivity contribution in [3.05, 3.63) is 47.7 Å². The van der Waals surface area contributed by atoms with Crippen molar-refractivity contribution in [3.63, 3.8) is 0 Å². The number of alkyl halides is 3. The van der Waals surface area contributed by atoms with E-state index in [9.17, 15) is 21.6 Å². The highest BCUT2D eigenvalue weighted by Crippen LogP contribution is 2.42. The van der Waals surface area contributed by atoms with Gasteiger partial charge in [0, 0.05) is 0 Å². The zero-order valence-corrected chi connectivity index (χ0v) is 19.6. The molecule has 10 heteroatoms. The average Bonchev–Trinajstić information content (AvgIpc) is 2.94. The van der Waals surface area contributed by atoms with E-state index in [4.69, 9.17) is 9.16 Å². The van der Waals surface area contributed by atoms with Crippen LogP contribution in [0.5, 0.6) is 0 Å². The van der Waals surface area contributed by atoms with Crippen LogP contribution >= 0.6 is 0 Å². The molecule has 30 heavy (non-hydrogen) atoms. The van der Waals surface area contributed by atoms with E-state index in [1.807, 2.05) is 64.2 Å². The van der Waals surface area contributed by atoms with Gasteiger partial charge in [0.05, 0.1) is 25.2 Å². The first-order chi connectivity index (χ1) is 13.6. The molecule has 1 aromatic carbocycles. The molecule has 170 valence electrons. The number of ether oxygens (including phenoxy) is 1. The third-order valence-corrected chi connectivity index (χ3v) is 11.0. The van der Waals surface area contributed by atoms with E-state index < -0.39 is 36.0 Å². The van der Waals surface area contributed by atoms with Gasteiger partial charge in [0.1, 0.15) is 5.76 Å². The number of hydrogen-bond acceptors (Lipinski definition) is 5. The van der Waals surface area contributed by atoms with Gasteiger partial charge in [-0.1, -0.05) is 51.1 Å². The van der Waals surface area contributed by atoms with E-state index in [0.29, 0.717) is 0 Å². The van der Waals surface area contributed by atoms with E-state index in [1.165, 1.54) is 6.08 Å². The van der Waals surface area contributed by atoms with Gasteiger partial charge in [0.15, 0.2) is 8.32 Å². The standard InChI is InChI=1S/C20H29F3O5SSi/c1-19(2,3)30(4,5)28-18-12-11-17(27-29(24,25)20(21,22)23)16(18)14-26-13-15-9-7-6-8-10-15/h6-11,16,18H,12-14H2,1-5H3/t16-,18-/m0/s1. The summed E-state index contributed by atoms with van der Waals surface area (Å²) in [5.74, 6) is -1.02. The molecule has 0 saturated carbocycles. The first kappa shape index (κ1) is 24.9. The molecule has 2 atom stereocenters. The molecule has 0 heterocycles. The minimum Gasteiger partial charge on any atom is -0.413 e. The highest BCUT2D eigenvalue weighted by atomic mass is 32.2. The van der Waals surface area contributed by atoms with Crippen LogP contribution in [0, 0.1) is 5.92 Å². The molecular formula is C20H29F3O5SSi. The zero-order chi connectivity index (χ0) is 22.8. The van der Waals surface area contributed by atoms with E-state index in [1.54, 1.807) is 0 Å². The molecule has 0 N–H and O–H groups in total. The maximum atomic E-state index is 12.8. The third-order valence-electron chi connectivity index (χ3n) is 5.52. The summed E-state index contributed by atoms with van der Waals surface area (Å²) in [6.07, 6.45) is 1.10. The molecule has 1 aliphatic carbocycles. The summed E-state index contributed by atoms with van der Waals surface area (Å²) in [6.45, 7) is 10.4. The largest absolute Gasteiger partial charge is 0.534 e. The first-order valence-electron chi connectivity index (χ1n) is 9.64. The Hall–Kier alpha value is -1.36. The predicted octanol–water partition coefficient (Wildman–Crippen LogP) is 5.36.